The highest BCUT2D eigenvalue weighted by Gasteiger charge is 2.23. The third-order valence-corrected chi connectivity index (χ3v) is 3.14. The molecule has 0 bridgehead atoms. The molecule has 1 aromatic rings. The van der Waals surface area contributed by atoms with E-state index in [9.17, 15) is 9.59 Å². The quantitative estimate of drug-likeness (QED) is 0.770. The highest BCUT2D eigenvalue weighted by molar-refractivity contribution is 5.83. The lowest BCUT2D eigenvalue weighted by atomic mass is 10.0. The molecular weight excluding hydrogens is 270 g/mol. The van der Waals surface area contributed by atoms with Crippen LogP contribution in [0.1, 0.15) is 32.8 Å². The molecule has 0 saturated carbocycles. The molecule has 0 aliphatic carbocycles. The second-order valence-corrected chi connectivity index (χ2v) is 5.17. The SMILES string of the molecule is CCOc1ccccc1CCC(=O)N[C@H](C(=O)O)C(C)C. The summed E-state index contributed by atoms with van der Waals surface area (Å²) in [5.74, 6) is -0.649. The molecule has 1 amide bonds. The molecule has 0 radical (unpaired) electrons. The summed E-state index contributed by atoms with van der Waals surface area (Å²) in [6.45, 7) is 6.01. The molecule has 0 fully saturated rings. The molecule has 0 spiro atoms. The zero-order valence-electron chi connectivity index (χ0n) is 12.8. The van der Waals surface area contributed by atoms with E-state index in [-0.39, 0.29) is 18.2 Å². The zero-order valence-corrected chi connectivity index (χ0v) is 12.8. The van der Waals surface area contributed by atoms with Crippen LogP contribution in [0.25, 0.3) is 0 Å². The van der Waals surface area contributed by atoms with E-state index in [0.29, 0.717) is 13.0 Å². The summed E-state index contributed by atoms with van der Waals surface area (Å²) in [5.41, 5.74) is 0.950. The number of aryl methyl sites for hydroxylation is 1. The van der Waals surface area contributed by atoms with Crippen molar-refractivity contribution in [1.82, 2.24) is 5.32 Å². The number of amides is 1. The number of carboxylic acids is 1. The Morgan fingerprint density at radius 3 is 2.52 bits per heavy atom. The van der Waals surface area contributed by atoms with Gasteiger partial charge in [0.2, 0.25) is 5.91 Å². The minimum Gasteiger partial charge on any atom is -0.494 e. The average Bonchev–Trinajstić information content (AvgIpc) is 2.43. The fourth-order valence-corrected chi connectivity index (χ4v) is 2.01. The van der Waals surface area contributed by atoms with Gasteiger partial charge in [-0.15, -0.1) is 0 Å². The first-order valence-corrected chi connectivity index (χ1v) is 7.18. The van der Waals surface area contributed by atoms with Crippen molar-refractivity contribution in [3.05, 3.63) is 29.8 Å². The van der Waals surface area contributed by atoms with Gasteiger partial charge in [0.25, 0.3) is 0 Å². The Hall–Kier alpha value is -2.04. The Bertz CT molecular complexity index is 485. The molecule has 5 nitrogen and oxygen atoms in total. The van der Waals surface area contributed by atoms with Crippen LogP contribution >= 0.6 is 0 Å². The third kappa shape index (κ3) is 5.45. The topological polar surface area (TPSA) is 75.6 Å². The summed E-state index contributed by atoms with van der Waals surface area (Å²) < 4.78 is 5.50. The van der Waals surface area contributed by atoms with Gasteiger partial charge in [-0.2, -0.15) is 0 Å². The Morgan fingerprint density at radius 1 is 1.29 bits per heavy atom. The molecule has 1 atom stereocenters. The largest absolute Gasteiger partial charge is 0.494 e. The maximum absolute atomic E-state index is 11.9. The van der Waals surface area contributed by atoms with Crippen LogP contribution in [0.3, 0.4) is 0 Å². The second-order valence-electron chi connectivity index (χ2n) is 5.17. The first-order valence-electron chi connectivity index (χ1n) is 7.18. The van der Waals surface area contributed by atoms with Crippen molar-refractivity contribution in [3.8, 4) is 5.75 Å². The summed E-state index contributed by atoms with van der Waals surface area (Å²) >= 11 is 0. The fraction of sp³-hybridized carbons (Fsp3) is 0.500. The molecule has 116 valence electrons. The predicted octanol–water partition coefficient (Wildman–Crippen LogP) is 2.24. The van der Waals surface area contributed by atoms with Gasteiger partial charge in [-0.25, -0.2) is 4.79 Å². The summed E-state index contributed by atoms with van der Waals surface area (Å²) in [6, 6.07) is 6.71. The van der Waals surface area contributed by atoms with E-state index in [0.717, 1.165) is 11.3 Å². The van der Waals surface area contributed by atoms with E-state index in [1.165, 1.54) is 0 Å². The van der Waals surface area contributed by atoms with Crippen molar-refractivity contribution >= 4 is 11.9 Å². The van der Waals surface area contributed by atoms with E-state index in [2.05, 4.69) is 5.32 Å². The number of rotatable bonds is 8. The van der Waals surface area contributed by atoms with Gasteiger partial charge in [0, 0.05) is 6.42 Å². The predicted molar refractivity (Wildman–Crippen MR) is 80.3 cm³/mol. The van der Waals surface area contributed by atoms with Gasteiger partial charge in [-0.1, -0.05) is 32.0 Å². The Morgan fingerprint density at radius 2 is 1.95 bits per heavy atom. The van der Waals surface area contributed by atoms with Gasteiger partial charge in [0.1, 0.15) is 11.8 Å². The van der Waals surface area contributed by atoms with Gasteiger partial charge in [-0.05, 0) is 30.9 Å². The standard InChI is InChI=1S/C16H23NO4/c1-4-21-13-8-6-5-7-12(13)9-10-14(18)17-15(11(2)3)16(19)20/h5-8,11,15H,4,9-10H2,1-3H3,(H,17,18)(H,19,20)/t15-/m0/s1. The molecule has 1 rings (SSSR count). The van der Waals surface area contributed by atoms with E-state index in [1.54, 1.807) is 13.8 Å². The molecule has 5 heteroatoms. The van der Waals surface area contributed by atoms with Gasteiger partial charge < -0.3 is 15.2 Å². The summed E-state index contributed by atoms with van der Waals surface area (Å²) in [6.07, 6.45) is 0.757. The average molecular weight is 293 g/mol. The third-order valence-electron chi connectivity index (χ3n) is 3.14. The molecule has 0 aromatic heterocycles. The normalized spacial score (nSPS) is 12.0. The van der Waals surface area contributed by atoms with Crippen molar-refractivity contribution in [2.75, 3.05) is 6.61 Å². The number of nitrogens with one attached hydrogen (secondary N) is 1. The lowest BCUT2D eigenvalue weighted by molar-refractivity contribution is -0.143. The van der Waals surface area contributed by atoms with Crippen LogP contribution in [0.4, 0.5) is 0 Å². The van der Waals surface area contributed by atoms with Crippen molar-refractivity contribution in [2.45, 2.75) is 39.7 Å². The Labute approximate surface area is 125 Å². The van der Waals surface area contributed by atoms with Gasteiger partial charge in [0.15, 0.2) is 0 Å². The van der Waals surface area contributed by atoms with Crippen LogP contribution in [0, 0.1) is 5.92 Å². The van der Waals surface area contributed by atoms with Crippen molar-refractivity contribution in [2.24, 2.45) is 5.92 Å². The van der Waals surface area contributed by atoms with Crippen LogP contribution in [0.5, 0.6) is 5.75 Å². The number of ether oxygens (including phenoxy) is 1. The second kappa shape index (κ2) is 8.29. The number of carboxylic acid groups (broad SMARTS) is 1. The van der Waals surface area contributed by atoms with Crippen LogP contribution in [-0.2, 0) is 16.0 Å². The summed E-state index contributed by atoms with van der Waals surface area (Å²) in [4.78, 5) is 22.9. The smallest absolute Gasteiger partial charge is 0.326 e. The monoisotopic (exact) mass is 293 g/mol. The molecule has 0 heterocycles. The fourth-order valence-electron chi connectivity index (χ4n) is 2.01. The number of hydrogen-bond acceptors (Lipinski definition) is 3. The number of carbonyl (C=O) groups is 2. The maximum Gasteiger partial charge on any atom is 0.326 e. The lowest BCUT2D eigenvalue weighted by Crippen LogP contribution is -2.44. The minimum atomic E-state index is -1.01. The van der Waals surface area contributed by atoms with Crippen LogP contribution in [-0.4, -0.2) is 29.6 Å². The van der Waals surface area contributed by atoms with Crippen molar-refractivity contribution in [1.29, 1.82) is 0 Å². The van der Waals surface area contributed by atoms with Gasteiger partial charge in [-0.3, -0.25) is 4.79 Å². The molecule has 0 aliphatic rings. The lowest BCUT2D eigenvalue weighted by Gasteiger charge is -2.18. The Balaban J connectivity index is 2.59. The molecule has 0 aliphatic heterocycles. The maximum atomic E-state index is 11.9. The summed E-state index contributed by atoms with van der Waals surface area (Å²) in [5, 5.41) is 11.6. The van der Waals surface area contributed by atoms with E-state index in [4.69, 9.17) is 9.84 Å². The first-order chi connectivity index (χ1) is 9.95. The van der Waals surface area contributed by atoms with E-state index in [1.807, 2.05) is 31.2 Å². The Kier molecular flexibility index (Phi) is 6.72. The van der Waals surface area contributed by atoms with Crippen LogP contribution in [0.2, 0.25) is 0 Å². The number of hydrogen-bond donors (Lipinski definition) is 2. The van der Waals surface area contributed by atoms with Gasteiger partial charge >= 0.3 is 5.97 Å². The van der Waals surface area contributed by atoms with E-state index < -0.39 is 12.0 Å². The van der Waals surface area contributed by atoms with Crippen LogP contribution in [0.15, 0.2) is 24.3 Å². The molecule has 2 N–H and O–H groups in total. The molecular formula is C16H23NO4. The van der Waals surface area contributed by atoms with Crippen LogP contribution < -0.4 is 10.1 Å². The molecule has 0 saturated heterocycles. The molecule has 21 heavy (non-hydrogen) atoms. The highest BCUT2D eigenvalue weighted by atomic mass is 16.5. The molecule has 1 aromatic carbocycles. The first kappa shape index (κ1) is 17.0. The summed E-state index contributed by atoms with van der Waals surface area (Å²) in [7, 11) is 0. The van der Waals surface area contributed by atoms with Crippen molar-refractivity contribution < 1.29 is 19.4 Å². The molecule has 0 unspecified atom stereocenters. The minimum absolute atomic E-state index is 0.151. The van der Waals surface area contributed by atoms with E-state index >= 15 is 0 Å². The highest BCUT2D eigenvalue weighted by Crippen LogP contribution is 2.19. The number of benzene rings is 1. The van der Waals surface area contributed by atoms with Gasteiger partial charge in [0.05, 0.1) is 6.61 Å². The van der Waals surface area contributed by atoms with Crippen molar-refractivity contribution in [3.63, 3.8) is 0 Å². The number of para-hydroxylation sites is 1. The number of carbonyl (C=O) groups excluding carboxylic acids is 1. The zero-order chi connectivity index (χ0) is 15.8. The number of aliphatic carboxylic acids is 1.